The quantitative estimate of drug-likeness (QED) is 0.0374. The molecule has 4 nitrogen and oxygen atoms in total. The Bertz CT molecular complexity index is 842. The zero-order valence-corrected chi connectivity index (χ0v) is 29.9. The zero-order chi connectivity index (χ0) is 33.4. The molecule has 0 aliphatic heterocycles. The Morgan fingerprint density at radius 3 is 1.20 bits per heavy atom. The minimum atomic E-state index is -1.36. The van der Waals surface area contributed by atoms with Gasteiger partial charge in [-0.2, -0.15) is 0 Å². The van der Waals surface area contributed by atoms with Gasteiger partial charge in [0.1, 0.15) is 23.2 Å². The minimum absolute atomic E-state index is 0.117. The number of unbranched alkanes of at least 4 members (excludes halogenated alkanes) is 10. The second-order valence-electron chi connectivity index (χ2n) is 12.6. The Hall–Kier alpha value is -2.30. The fraction of sp³-hybridized carbons (Fsp3) is 0.659. The van der Waals surface area contributed by atoms with Crippen molar-refractivity contribution in [2.45, 2.75) is 155 Å². The summed E-state index contributed by atoms with van der Waals surface area (Å²) in [5.74, 6) is -0.233. The maximum atomic E-state index is 13.3. The van der Waals surface area contributed by atoms with E-state index in [1.807, 2.05) is 0 Å². The van der Waals surface area contributed by atoms with Gasteiger partial charge in [0.15, 0.2) is 0 Å². The third-order valence-corrected chi connectivity index (χ3v) is 8.27. The standard InChI is InChI=1S/C41H69NO3/c1-6-8-10-12-14-16-18-20-22-24-26-28-30-32-34-36-38(43)41(3,40(45)42(4)5)39(44)37-35-33-31-29-27-25-23-21-19-17-15-13-11-9-7-2/h8-11,14-17,20-23,40,45H,6-7,12-13,18-19,24-37H2,1-5H3/b10-8-,11-9-,16-14-,17-15-,22-20-,23-21-. The first kappa shape index (κ1) is 42.7. The number of hydrogen-bond acceptors (Lipinski definition) is 4. The van der Waals surface area contributed by atoms with Crippen LogP contribution in [0.4, 0.5) is 0 Å². The maximum absolute atomic E-state index is 13.3. The molecule has 0 heterocycles. The van der Waals surface area contributed by atoms with Gasteiger partial charge < -0.3 is 5.11 Å². The predicted molar refractivity (Wildman–Crippen MR) is 196 cm³/mol. The van der Waals surface area contributed by atoms with Crippen LogP contribution >= 0.6 is 0 Å². The van der Waals surface area contributed by atoms with Crippen LogP contribution in [0.15, 0.2) is 72.9 Å². The van der Waals surface area contributed by atoms with Crippen molar-refractivity contribution >= 4 is 11.6 Å². The number of allylic oxidation sites excluding steroid dienone is 12. The van der Waals surface area contributed by atoms with Crippen LogP contribution in [-0.2, 0) is 9.59 Å². The lowest BCUT2D eigenvalue weighted by molar-refractivity contribution is -0.156. The Balaban J connectivity index is 4.25. The van der Waals surface area contributed by atoms with Crippen LogP contribution in [0.3, 0.4) is 0 Å². The number of aliphatic hydroxyl groups is 1. The van der Waals surface area contributed by atoms with E-state index in [-0.39, 0.29) is 11.6 Å². The fourth-order valence-corrected chi connectivity index (χ4v) is 5.29. The number of nitrogens with zero attached hydrogens (tertiary/aromatic N) is 1. The summed E-state index contributed by atoms with van der Waals surface area (Å²) >= 11 is 0. The van der Waals surface area contributed by atoms with Crippen LogP contribution in [0.25, 0.3) is 0 Å². The SMILES string of the molecule is CC/C=C\C/C=C\C/C=C\CCCCCCCC(=O)C(C)(C(=O)CCCCCCC/C=C\C/C=C\C/C=C\CC)C(O)N(C)C. The van der Waals surface area contributed by atoms with Crippen LogP contribution in [0.5, 0.6) is 0 Å². The summed E-state index contributed by atoms with van der Waals surface area (Å²) in [6.07, 6.45) is 45.0. The first-order valence-corrected chi connectivity index (χ1v) is 18.1. The van der Waals surface area contributed by atoms with Crippen molar-refractivity contribution in [3.8, 4) is 0 Å². The molecule has 0 fully saturated rings. The number of carbonyl (C=O) groups excluding carboxylic acids is 2. The van der Waals surface area contributed by atoms with Crippen LogP contribution in [-0.4, -0.2) is 41.9 Å². The molecule has 45 heavy (non-hydrogen) atoms. The van der Waals surface area contributed by atoms with Gasteiger partial charge in [-0.05, 0) is 98.1 Å². The summed E-state index contributed by atoms with van der Waals surface area (Å²) in [5.41, 5.74) is -1.36. The van der Waals surface area contributed by atoms with Gasteiger partial charge in [0, 0.05) is 12.8 Å². The minimum Gasteiger partial charge on any atom is -0.377 e. The lowest BCUT2D eigenvalue weighted by Crippen LogP contribution is -2.52. The van der Waals surface area contributed by atoms with Crippen molar-refractivity contribution in [2.75, 3.05) is 14.1 Å². The van der Waals surface area contributed by atoms with E-state index in [0.717, 1.165) is 116 Å². The van der Waals surface area contributed by atoms with E-state index in [1.165, 1.54) is 0 Å². The summed E-state index contributed by atoms with van der Waals surface area (Å²) in [5, 5.41) is 10.9. The second kappa shape index (κ2) is 30.4. The van der Waals surface area contributed by atoms with E-state index in [0.29, 0.717) is 12.8 Å². The number of hydrogen-bond donors (Lipinski definition) is 1. The van der Waals surface area contributed by atoms with Gasteiger partial charge in [-0.15, -0.1) is 0 Å². The summed E-state index contributed by atoms with van der Waals surface area (Å²) in [7, 11) is 3.46. The third-order valence-electron chi connectivity index (χ3n) is 8.27. The van der Waals surface area contributed by atoms with Crippen LogP contribution in [0.1, 0.15) is 149 Å². The molecule has 0 aromatic carbocycles. The van der Waals surface area contributed by atoms with Crippen LogP contribution in [0, 0.1) is 5.41 Å². The zero-order valence-electron chi connectivity index (χ0n) is 29.9. The molecule has 1 N–H and O–H groups in total. The molecule has 0 bridgehead atoms. The van der Waals surface area contributed by atoms with Crippen molar-refractivity contribution < 1.29 is 14.7 Å². The van der Waals surface area contributed by atoms with E-state index in [1.54, 1.807) is 25.9 Å². The Labute approximate surface area is 278 Å². The highest BCUT2D eigenvalue weighted by molar-refractivity contribution is 6.07. The highest BCUT2D eigenvalue weighted by atomic mass is 16.3. The molecule has 4 heteroatoms. The molecule has 0 saturated heterocycles. The summed E-state index contributed by atoms with van der Waals surface area (Å²) in [6, 6.07) is 0. The highest BCUT2D eigenvalue weighted by Crippen LogP contribution is 2.31. The molecule has 0 rings (SSSR count). The molecule has 0 aromatic heterocycles. The molecular formula is C41H69NO3. The van der Waals surface area contributed by atoms with E-state index < -0.39 is 11.6 Å². The van der Waals surface area contributed by atoms with Gasteiger partial charge in [-0.25, -0.2) is 0 Å². The van der Waals surface area contributed by atoms with E-state index in [2.05, 4.69) is 86.8 Å². The summed E-state index contributed by atoms with van der Waals surface area (Å²) < 4.78 is 0. The third kappa shape index (κ3) is 22.8. The highest BCUT2D eigenvalue weighted by Gasteiger charge is 2.46. The van der Waals surface area contributed by atoms with Crippen molar-refractivity contribution in [1.29, 1.82) is 0 Å². The van der Waals surface area contributed by atoms with Crippen LogP contribution < -0.4 is 0 Å². The van der Waals surface area contributed by atoms with Crippen molar-refractivity contribution in [3.63, 3.8) is 0 Å². The first-order chi connectivity index (χ1) is 21.8. The van der Waals surface area contributed by atoms with E-state index in [9.17, 15) is 14.7 Å². The molecule has 0 amide bonds. The number of rotatable bonds is 30. The average molecular weight is 624 g/mol. The first-order valence-electron chi connectivity index (χ1n) is 18.1. The molecule has 0 spiro atoms. The average Bonchev–Trinajstić information content (AvgIpc) is 3.03. The molecule has 1 atom stereocenters. The molecule has 1 unspecified atom stereocenters. The second-order valence-corrected chi connectivity index (χ2v) is 12.6. The summed E-state index contributed by atoms with van der Waals surface area (Å²) in [4.78, 5) is 28.2. The predicted octanol–water partition coefficient (Wildman–Crippen LogP) is 11.2. The fourth-order valence-electron chi connectivity index (χ4n) is 5.29. The Morgan fingerprint density at radius 2 is 0.844 bits per heavy atom. The van der Waals surface area contributed by atoms with E-state index >= 15 is 0 Å². The number of aliphatic hydroxyl groups excluding tert-OH is 1. The largest absolute Gasteiger partial charge is 0.377 e. The molecule has 0 aromatic rings. The van der Waals surface area contributed by atoms with Gasteiger partial charge in [0.25, 0.3) is 0 Å². The lowest BCUT2D eigenvalue weighted by atomic mass is 9.75. The number of Topliss-reactive ketones (excluding diaryl/α,β-unsaturated/α-hetero) is 2. The number of ketones is 2. The monoisotopic (exact) mass is 624 g/mol. The van der Waals surface area contributed by atoms with Gasteiger partial charge >= 0.3 is 0 Å². The van der Waals surface area contributed by atoms with Gasteiger partial charge in [0.05, 0.1) is 0 Å². The topological polar surface area (TPSA) is 57.6 Å². The summed E-state index contributed by atoms with van der Waals surface area (Å²) in [6.45, 7) is 5.96. The van der Waals surface area contributed by atoms with Crippen LogP contribution in [0.2, 0.25) is 0 Å². The molecule has 0 aliphatic carbocycles. The lowest BCUT2D eigenvalue weighted by Gasteiger charge is -2.35. The molecule has 0 saturated carbocycles. The van der Waals surface area contributed by atoms with Crippen molar-refractivity contribution in [1.82, 2.24) is 4.90 Å². The van der Waals surface area contributed by atoms with Crippen molar-refractivity contribution in [2.24, 2.45) is 5.41 Å². The Morgan fingerprint density at radius 1 is 0.533 bits per heavy atom. The normalized spacial score (nSPS) is 13.8. The van der Waals surface area contributed by atoms with Crippen molar-refractivity contribution in [3.05, 3.63) is 72.9 Å². The van der Waals surface area contributed by atoms with Gasteiger partial charge in [-0.1, -0.05) is 125 Å². The smallest absolute Gasteiger partial charge is 0.150 e. The number of carbonyl (C=O) groups is 2. The molecule has 0 aliphatic rings. The molecule has 0 radical (unpaired) electrons. The maximum Gasteiger partial charge on any atom is 0.150 e. The Kier molecular flexibility index (Phi) is 28.8. The van der Waals surface area contributed by atoms with Gasteiger partial charge in [0.2, 0.25) is 0 Å². The molecular weight excluding hydrogens is 554 g/mol. The molecule has 256 valence electrons. The van der Waals surface area contributed by atoms with E-state index in [4.69, 9.17) is 0 Å². The van der Waals surface area contributed by atoms with Gasteiger partial charge in [-0.3, -0.25) is 14.5 Å².